The van der Waals surface area contributed by atoms with Crippen LogP contribution in [0.15, 0.2) is 53.3 Å². The number of H-pyrrole nitrogens is 1. The zero-order valence-electron chi connectivity index (χ0n) is 18.6. The number of nitriles is 1. The molecule has 33 heavy (non-hydrogen) atoms. The summed E-state index contributed by atoms with van der Waals surface area (Å²) in [5.41, 5.74) is 5.03. The van der Waals surface area contributed by atoms with Crippen LogP contribution in [0.4, 0.5) is 11.4 Å². The topological polar surface area (TPSA) is 106 Å². The van der Waals surface area contributed by atoms with E-state index in [-0.39, 0.29) is 23.8 Å². The molecule has 1 aromatic heterocycles. The standard InChI is InChI=1S/C26H24N4O3/c1-16-21(17(2)28-25(32)22(16)15-27)11-12-24(31)29-20-9-7-19(8-10-20)26(33)30-14-13-18-5-3-4-6-23(18)30/h3-10H,11-14H2,1-2H3,(H,28,32)(H,29,31). The van der Waals surface area contributed by atoms with E-state index in [1.165, 1.54) is 5.56 Å². The van der Waals surface area contributed by atoms with Crippen LogP contribution in [0.25, 0.3) is 0 Å². The Hall–Kier alpha value is -4.18. The average Bonchev–Trinajstić information content (AvgIpc) is 3.23. The van der Waals surface area contributed by atoms with E-state index in [0.717, 1.165) is 17.7 Å². The minimum absolute atomic E-state index is 0.0601. The van der Waals surface area contributed by atoms with Gasteiger partial charge in [0, 0.05) is 35.6 Å². The second-order valence-electron chi connectivity index (χ2n) is 8.13. The Morgan fingerprint density at radius 3 is 2.58 bits per heavy atom. The Labute approximate surface area is 191 Å². The van der Waals surface area contributed by atoms with Crippen molar-refractivity contribution in [1.82, 2.24) is 4.98 Å². The monoisotopic (exact) mass is 440 g/mol. The van der Waals surface area contributed by atoms with Crippen molar-refractivity contribution in [3.8, 4) is 6.07 Å². The van der Waals surface area contributed by atoms with Crippen LogP contribution in [0.5, 0.6) is 0 Å². The molecular weight excluding hydrogens is 416 g/mol. The maximum absolute atomic E-state index is 12.9. The van der Waals surface area contributed by atoms with Gasteiger partial charge >= 0.3 is 0 Å². The second-order valence-corrected chi connectivity index (χ2v) is 8.13. The number of para-hydroxylation sites is 1. The molecule has 166 valence electrons. The first kappa shape index (κ1) is 22.0. The lowest BCUT2D eigenvalue weighted by Gasteiger charge is -2.17. The number of nitrogens with zero attached hydrogens (tertiary/aromatic N) is 2. The summed E-state index contributed by atoms with van der Waals surface area (Å²) >= 11 is 0. The molecule has 0 aliphatic carbocycles. The summed E-state index contributed by atoms with van der Waals surface area (Å²) in [5, 5.41) is 12.0. The number of aromatic nitrogens is 1. The van der Waals surface area contributed by atoms with Crippen molar-refractivity contribution < 1.29 is 9.59 Å². The Bertz CT molecular complexity index is 1330. The predicted molar refractivity (Wildman–Crippen MR) is 126 cm³/mol. The fourth-order valence-electron chi connectivity index (χ4n) is 4.28. The van der Waals surface area contributed by atoms with Crippen molar-refractivity contribution in [2.75, 3.05) is 16.8 Å². The number of nitrogens with one attached hydrogen (secondary N) is 2. The zero-order valence-corrected chi connectivity index (χ0v) is 18.6. The summed E-state index contributed by atoms with van der Waals surface area (Å²) in [6.07, 6.45) is 1.45. The summed E-state index contributed by atoms with van der Waals surface area (Å²) in [5.74, 6) is -0.249. The number of fused-ring (bicyclic) bond motifs is 1. The molecule has 0 fully saturated rings. The van der Waals surface area contributed by atoms with E-state index >= 15 is 0 Å². The molecular formula is C26H24N4O3. The molecule has 7 nitrogen and oxygen atoms in total. The molecule has 3 aromatic rings. The quantitative estimate of drug-likeness (QED) is 0.632. The molecule has 7 heteroatoms. The van der Waals surface area contributed by atoms with E-state index in [9.17, 15) is 19.6 Å². The van der Waals surface area contributed by atoms with Gasteiger partial charge in [-0.15, -0.1) is 0 Å². The Kier molecular flexibility index (Phi) is 6.09. The van der Waals surface area contributed by atoms with Gasteiger partial charge in [-0.3, -0.25) is 14.4 Å². The summed E-state index contributed by atoms with van der Waals surface area (Å²) < 4.78 is 0. The molecule has 0 bridgehead atoms. The third-order valence-corrected chi connectivity index (χ3v) is 6.07. The first-order valence-corrected chi connectivity index (χ1v) is 10.8. The number of carbonyl (C=O) groups excluding carboxylic acids is 2. The number of anilines is 2. The molecule has 0 atom stereocenters. The van der Waals surface area contributed by atoms with Crippen LogP contribution in [0, 0.1) is 25.2 Å². The van der Waals surface area contributed by atoms with Crippen molar-refractivity contribution in [3.63, 3.8) is 0 Å². The highest BCUT2D eigenvalue weighted by atomic mass is 16.2. The third-order valence-electron chi connectivity index (χ3n) is 6.07. The molecule has 1 aliphatic rings. The highest BCUT2D eigenvalue weighted by molar-refractivity contribution is 6.07. The van der Waals surface area contributed by atoms with Gasteiger partial charge in [0.1, 0.15) is 11.6 Å². The van der Waals surface area contributed by atoms with Crippen molar-refractivity contribution in [3.05, 3.63) is 92.4 Å². The number of benzene rings is 2. The highest BCUT2D eigenvalue weighted by Crippen LogP contribution is 2.29. The first-order chi connectivity index (χ1) is 15.9. The SMILES string of the molecule is Cc1[nH]c(=O)c(C#N)c(C)c1CCC(=O)Nc1ccc(C(=O)N2CCc3ccccc32)cc1. The number of aryl methyl sites for hydroxylation is 1. The molecule has 0 unspecified atom stereocenters. The van der Waals surface area contributed by atoms with Gasteiger partial charge in [0.05, 0.1) is 0 Å². The van der Waals surface area contributed by atoms with Crippen molar-refractivity contribution in [2.24, 2.45) is 0 Å². The van der Waals surface area contributed by atoms with E-state index in [4.69, 9.17) is 0 Å². The van der Waals surface area contributed by atoms with Crippen LogP contribution >= 0.6 is 0 Å². The molecule has 0 saturated heterocycles. The number of pyridine rings is 1. The van der Waals surface area contributed by atoms with Crippen molar-refractivity contribution >= 4 is 23.2 Å². The molecule has 0 radical (unpaired) electrons. The zero-order chi connectivity index (χ0) is 23.5. The summed E-state index contributed by atoms with van der Waals surface area (Å²) in [6.45, 7) is 4.15. The number of carbonyl (C=O) groups is 2. The number of rotatable bonds is 5. The van der Waals surface area contributed by atoms with Crippen LogP contribution in [0.2, 0.25) is 0 Å². The van der Waals surface area contributed by atoms with Gasteiger partial charge in [-0.2, -0.15) is 5.26 Å². The lowest BCUT2D eigenvalue weighted by molar-refractivity contribution is -0.116. The van der Waals surface area contributed by atoms with Gasteiger partial charge < -0.3 is 15.2 Å². The normalized spacial score (nSPS) is 12.2. The Morgan fingerprint density at radius 1 is 1.12 bits per heavy atom. The molecule has 2 heterocycles. The maximum atomic E-state index is 12.9. The van der Waals surface area contributed by atoms with E-state index in [2.05, 4.69) is 10.3 Å². The molecule has 0 spiro atoms. The molecule has 2 amide bonds. The van der Waals surface area contributed by atoms with Crippen molar-refractivity contribution in [2.45, 2.75) is 33.1 Å². The fourth-order valence-corrected chi connectivity index (χ4v) is 4.28. The first-order valence-electron chi connectivity index (χ1n) is 10.8. The smallest absolute Gasteiger partial charge is 0.266 e. The fraction of sp³-hybridized carbons (Fsp3) is 0.231. The summed E-state index contributed by atoms with van der Waals surface area (Å²) in [6, 6.07) is 16.7. The minimum atomic E-state index is -0.409. The third kappa shape index (κ3) is 4.41. The number of amides is 2. The molecule has 2 N–H and O–H groups in total. The highest BCUT2D eigenvalue weighted by Gasteiger charge is 2.25. The molecule has 1 aliphatic heterocycles. The van der Waals surface area contributed by atoms with Crippen LogP contribution in [-0.4, -0.2) is 23.3 Å². The largest absolute Gasteiger partial charge is 0.326 e. The van der Waals surface area contributed by atoms with Gasteiger partial charge in [0.2, 0.25) is 5.91 Å². The number of hydrogen-bond acceptors (Lipinski definition) is 4. The Morgan fingerprint density at radius 2 is 1.85 bits per heavy atom. The lowest BCUT2D eigenvalue weighted by atomic mass is 9.99. The van der Waals surface area contributed by atoms with E-state index in [1.54, 1.807) is 43.0 Å². The Balaban J connectivity index is 1.39. The number of hydrogen-bond donors (Lipinski definition) is 2. The van der Waals surface area contributed by atoms with Crippen LogP contribution in [0.1, 0.15) is 44.7 Å². The predicted octanol–water partition coefficient (Wildman–Crippen LogP) is 3.64. The van der Waals surface area contributed by atoms with E-state index in [1.807, 2.05) is 30.3 Å². The van der Waals surface area contributed by atoms with Gasteiger partial charge in [-0.25, -0.2) is 0 Å². The van der Waals surface area contributed by atoms with Gasteiger partial charge in [-0.05, 0) is 73.7 Å². The molecule has 4 rings (SSSR count). The van der Waals surface area contributed by atoms with E-state index in [0.29, 0.717) is 35.5 Å². The van der Waals surface area contributed by atoms with Gasteiger partial charge in [0.25, 0.3) is 11.5 Å². The van der Waals surface area contributed by atoms with Crippen LogP contribution < -0.4 is 15.8 Å². The van der Waals surface area contributed by atoms with Gasteiger partial charge in [-0.1, -0.05) is 18.2 Å². The molecule has 2 aromatic carbocycles. The van der Waals surface area contributed by atoms with E-state index < -0.39 is 5.56 Å². The second kappa shape index (κ2) is 9.13. The summed E-state index contributed by atoms with van der Waals surface area (Å²) in [7, 11) is 0. The lowest BCUT2D eigenvalue weighted by Crippen LogP contribution is -2.28. The minimum Gasteiger partial charge on any atom is -0.326 e. The van der Waals surface area contributed by atoms with Crippen LogP contribution in [0.3, 0.4) is 0 Å². The maximum Gasteiger partial charge on any atom is 0.266 e. The summed E-state index contributed by atoms with van der Waals surface area (Å²) in [4.78, 5) is 41.7. The number of aromatic amines is 1. The molecule has 0 saturated carbocycles. The van der Waals surface area contributed by atoms with Crippen LogP contribution in [-0.2, 0) is 17.6 Å². The average molecular weight is 441 g/mol. The van der Waals surface area contributed by atoms with Crippen molar-refractivity contribution in [1.29, 1.82) is 5.26 Å². The van der Waals surface area contributed by atoms with Gasteiger partial charge in [0.15, 0.2) is 0 Å².